The van der Waals surface area contributed by atoms with Crippen LogP contribution in [-0.4, -0.2) is 34.4 Å². The van der Waals surface area contributed by atoms with Gasteiger partial charge >= 0.3 is 5.69 Å². The molecule has 1 atom stereocenters. The molecule has 0 aliphatic carbocycles. The molecule has 2 aromatic rings. The first kappa shape index (κ1) is 24.6. The number of nitrogens with two attached hydrogens (primary N) is 1. The molecule has 170 valence electrons. The summed E-state index contributed by atoms with van der Waals surface area (Å²) < 4.78 is 6.51. The number of nitrogen functional groups attached to an aromatic ring is 1. The van der Waals surface area contributed by atoms with E-state index in [1.807, 2.05) is 45.0 Å². The minimum atomic E-state index is -0.647. The molecule has 1 unspecified atom stereocenters. The van der Waals surface area contributed by atoms with Crippen LogP contribution in [-0.2, 0) is 11.3 Å². The van der Waals surface area contributed by atoms with Crippen molar-refractivity contribution >= 4 is 29.2 Å². The summed E-state index contributed by atoms with van der Waals surface area (Å²) in [6, 6.07) is 7.42. The fourth-order valence-electron chi connectivity index (χ4n) is 3.16. The molecule has 2 rings (SSSR count). The zero-order valence-electron chi connectivity index (χ0n) is 18.8. The number of H-pyrrole nitrogens is 1. The molecule has 31 heavy (non-hydrogen) atoms. The van der Waals surface area contributed by atoms with Crippen molar-refractivity contribution in [2.24, 2.45) is 5.92 Å². The molecule has 8 nitrogen and oxygen atoms in total. The molecule has 1 amide bonds. The Balaban J connectivity index is 2.41. The standard InChI is InChI=1S/C22H32N4O4S/c1-6-7-12-25-19(23)18(20(27)24-22(25)29)26(13-14(2)3)21(28)15(4)31-17-10-8-16(30-5)9-11-17/h8-11,14-15H,6-7,12-13,23H2,1-5H3,(H,24,27,29). The number of nitrogens with zero attached hydrogens (tertiary/aromatic N) is 2. The smallest absolute Gasteiger partial charge is 0.330 e. The van der Waals surface area contributed by atoms with Gasteiger partial charge in [-0.15, -0.1) is 11.8 Å². The Hall–Kier alpha value is -2.68. The first-order valence-corrected chi connectivity index (χ1v) is 11.3. The highest BCUT2D eigenvalue weighted by Gasteiger charge is 2.28. The Morgan fingerprint density at radius 3 is 2.42 bits per heavy atom. The first-order chi connectivity index (χ1) is 14.7. The molecule has 3 N–H and O–H groups in total. The van der Waals surface area contributed by atoms with Crippen molar-refractivity contribution < 1.29 is 9.53 Å². The minimum Gasteiger partial charge on any atom is -0.497 e. The third-order valence-electron chi connectivity index (χ3n) is 4.75. The lowest BCUT2D eigenvalue weighted by atomic mass is 10.2. The lowest BCUT2D eigenvalue weighted by Gasteiger charge is -2.28. The molecule has 0 saturated carbocycles. The Bertz CT molecular complexity index is 998. The molecule has 0 bridgehead atoms. The molecule has 9 heteroatoms. The molecule has 0 fully saturated rings. The van der Waals surface area contributed by atoms with Crippen LogP contribution in [0.2, 0.25) is 0 Å². The van der Waals surface area contributed by atoms with E-state index in [0.717, 1.165) is 23.5 Å². The summed E-state index contributed by atoms with van der Waals surface area (Å²) in [6.07, 6.45) is 1.60. The topological polar surface area (TPSA) is 110 Å². The molecule has 0 radical (unpaired) electrons. The number of carbonyl (C=O) groups is 1. The summed E-state index contributed by atoms with van der Waals surface area (Å²) in [7, 11) is 1.60. The van der Waals surface area contributed by atoms with Crippen molar-refractivity contribution in [3.8, 4) is 5.75 Å². The van der Waals surface area contributed by atoms with Crippen molar-refractivity contribution in [2.45, 2.75) is 57.2 Å². The van der Waals surface area contributed by atoms with Gasteiger partial charge in [-0.2, -0.15) is 0 Å². The van der Waals surface area contributed by atoms with Crippen LogP contribution >= 0.6 is 11.8 Å². The minimum absolute atomic E-state index is 0.0258. The number of hydrogen-bond acceptors (Lipinski definition) is 6. The van der Waals surface area contributed by atoms with E-state index in [4.69, 9.17) is 10.5 Å². The van der Waals surface area contributed by atoms with Gasteiger partial charge in [0.2, 0.25) is 5.91 Å². The Morgan fingerprint density at radius 2 is 1.87 bits per heavy atom. The highest BCUT2D eigenvalue weighted by Crippen LogP contribution is 2.28. The number of hydrogen-bond donors (Lipinski definition) is 2. The van der Waals surface area contributed by atoms with E-state index in [-0.39, 0.29) is 23.3 Å². The summed E-state index contributed by atoms with van der Waals surface area (Å²) in [6.45, 7) is 8.40. The molecule has 0 spiro atoms. The van der Waals surface area contributed by atoms with Crippen molar-refractivity contribution in [1.82, 2.24) is 9.55 Å². The van der Waals surface area contributed by atoms with Crippen LogP contribution in [0.1, 0.15) is 40.5 Å². The van der Waals surface area contributed by atoms with Crippen molar-refractivity contribution in [3.63, 3.8) is 0 Å². The average Bonchev–Trinajstić information content (AvgIpc) is 2.72. The number of benzene rings is 1. The van der Waals surface area contributed by atoms with E-state index in [0.29, 0.717) is 13.1 Å². The Morgan fingerprint density at radius 1 is 1.23 bits per heavy atom. The van der Waals surface area contributed by atoms with E-state index < -0.39 is 16.5 Å². The van der Waals surface area contributed by atoms with Gasteiger partial charge in [-0.25, -0.2) is 4.79 Å². The average molecular weight is 449 g/mol. The maximum absolute atomic E-state index is 13.4. The zero-order chi connectivity index (χ0) is 23.1. The van der Waals surface area contributed by atoms with Gasteiger partial charge in [0.25, 0.3) is 5.56 Å². The van der Waals surface area contributed by atoms with Gasteiger partial charge in [0.1, 0.15) is 11.6 Å². The monoisotopic (exact) mass is 448 g/mol. The highest BCUT2D eigenvalue weighted by molar-refractivity contribution is 8.00. The fraction of sp³-hybridized carbons (Fsp3) is 0.500. The summed E-state index contributed by atoms with van der Waals surface area (Å²) in [5, 5.41) is -0.470. The number of unbranched alkanes of at least 4 members (excludes halogenated alkanes) is 1. The lowest BCUT2D eigenvalue weighted by molar-refractivity contribution is -0.118. The second-order valence-electron chi connectivity index (χ2n) is 7.78. The number of nitrogens with one attached hydrogen (secondary N) is 1. The molecule has 1 aromatic carbocycles. The number of amides is 1. The van der Waals surface area contributed by atoms with Gasteiger partial charge < -0.3 is 15.4 Å². The number of ether oxygens (including phenoxy) is 1. The Labute approximate surface area is 186 Å². The second kappa shape index (κ2) is 11.1. The van der Waals surface area contributed by atoms with Crippen molar-refractivity contribution in [1.29, 1.82) is 0 Å². The van der Waals surface area contributed by atoms with Gasteiger partial charge in [0, 0.05) is 18.0 Å². The van der Waals surface area contributed by atoms with Crippen LogP contribution in [0.3, 0.4) is 0 Å². The molecular formula is C22H32N4O4S. The van der Waals surface area contributed by atoms with E-state index in [1.54, 1.807) is 14.0 Å². The van der Waals surface area contributed by atoms with Gasteiger partial charge in [-0.3, -0.25) is 19.1 Å². The van der Waals surface area contributed by atoms with E-state index in [9.17, 15) is 14.4 Å². The molecule has 1 heterocycles. The lowest BCUT2D eigenvalue weighted by Crippen LogP contribution is -2.45. The van der Waals surface area contributed by atoms with Gasteiger partial charge in [-0.05, 0) is 43.5 Å². The predicted molar refractivity (Wildman–Crippen MR) is 126 cm³/mol. The number of thioether (sulfide) groups is 1. The SMILES string of the molecule is CCCCn1c(N)c(N(CC(C)C)C(=O)C(C)Sc2ccc(OC)cc2)c(=O)[nH]c1=O. The van der Waals surface area contributed by atoms with Crippen LogP contribution in [0.5, 0.6) is 5.75 Å². The molecule has 0 saturated heterocycles. The van der Waals surface area contributed by atoms with Crippen molar-refractivity contribution in [2.75, 3.05) is 24.3 Å². The summed E-state index contributed by atoms with van der Waals surface area (Å²) in [4.78, 5) is 43.0. The van der Waals surface area contributed by atoms with E-state index in [1.165, 1.54) is 21.2 Å². The molecular weight excluding hydrogens is 416 g/mol. The van der Waals surface area contributed by atoms with Crippen LogP contribution < -0.4 is 26.6 Å². The van der Waals surface area contributed by atoms with Crippen LogP contribution in [0.15, 0.2) is 38.8 Å². The van der Waals surface area contributed by atoms with Crippen LogP contribution in [0.4, 0.5) is 11.5 Å². The number of methoxy groups -OCH3 is 1. The first-order valence-electron chi connectivity index (χ1n) is 10.4. The molecule has 1 aromatic heterocycles. The Kier molecular flexibility index (Phi) is 8.79. The number of aromatic amines is 1. The predicted octanol–water partition coefficient (Wildman–Crippen LogP) is 3.10. The summed E-state index contributed by atoms with van der Waals surface area (Å²) >= 11 is 1.39. The molecule has 0 aliphatic rings. The largest absolute Gasteiger partial charge is 0.497 e. The zero-order valence-corrected chi connectivity index (χ0v) is 19.6. The number of aromatic nitrogens is 2. The number of rotatable bonds is 10. The third kappa shape index (κ3) is 6.16. The third-order valence-corrected chi connectivity index (χ3v) is 5.85. The maximum atomic E-state index is 13.4. The van der Waals surface area contributed by atoms with Gasteiger partial charge in [0.05, 0.1) is 12.4 Å². The summed E-state index contributed by atoms with van der Waals surface area (Å²) in [5.74, 6) is 0.612. The maximum Gasteiger partial charge on any atom is 0.330 e. The van der Waals surface area contributed by atoms with Gasteiger partial charge in [0.15, 0.2) is 5.69 Å². The van der Waals surface area contributed by atoms with Gasteiger partial charge in [-0.1, -0.05) is 27.2 Å². The van der Waals surface area contributed by atoms with Crippen LogP contribution in [0, 0.1) is 5.92 Å². The van der Waals surface area contributed by atoms with Crippen LogP contribution in [0.25, 0.3) is 0 Å². The van der Waals surface area contributed by atoms with E-state index in [2.05, 4.69) is 4.98 Å². The van der Waals surface area contributed by atoms with Crippen molar-refractivity contribution in [3.05, 3.63) is 45.1 Å². The number of anilines is 2. The fourth-order valence-corrected chi connectivity index (χ4v) is 4.09. The van der Waals surface area contributed by atoms with E-state index >= 15 is 0 Å². The molecule has 0 aliphatic heterocycles. The quantitative estimate of drug-likeness (QED) is 0.541. The summed E-state index contributed by atoms with van der Waals surface area (Å²) in [5.41, 5.74) is 5.09. The highest BCUT2D eigenvalue weighted by atomic mass is 32.2. The number of carbonyl (C=O) groups excluding carboxylic acids is 1. The second-order valence-corrected chi connectivity index (χ2v) is 9.19. The normalized spacial score (nSPS) is 12.1.